The molecule has 9 heteroatoms. The van der Waals surface area contributed by atoms with Gasteiger partial charge in [-0.05, 0) is 80.3 Å². The fraction of sp³-hybridized carbons (Fsp3) is 0.100. The van der Waals surface area contributed by atoms with Gasteiger partial charge in [-0.2, -0.15) is 0 Å². The molecule has 0 spiro atoms. The lowest BCUT2D eigenvalue weighted by atomic mass is 9.97. The molecule has 0 saturated heterocycles. The van der Waals surface area contributed by atoms with Crippen LogP contribution < -0.4 is 18.9 Å². The van der Waals surface area contributed by atoms with Crippen molar-refractivity contribution in [3.05, 3.63) is 133 Å². The molecule has 4 rings (SSSR count). The van der Waals surface area contributed by atoms with E-state index in [0.29, 0.717) is 22.3 Å². The molecule has 0 atom stereocenters. The van der Waals surface area contributed by atoms with Crippen molar-refractivity contribution in [3.8, 4) is 56.4 Å². The molecule has 8 nitrogen and oxygen atoms in total. The molecule has 0 heterocycles. The van der Waals surface area contributed by atoms with Gasteiger partial charge in [-0.15, -0.1) is 0 Å². The monoisotopic (exact) mass is 660 g/mol. The van der Waals surface area contributed by atoms with E-state index in [1.807, 2.05) is 0 Å². The molecular weight excluding hydrogens is 627 g/mol. The number of hydrogen-bond acceptors (Lipinski definition) is 8. The Kier molecular flexibility index (Phi) is 10.9. The van der Waals surface area contributed by atoms with Crippen LogP contribution in [0.15, 0.2) is 127 Å². The minimum atomic E-state index is -0.734. The van der Waals surface area contributed by atoms with E-state index in [0.717, 1.165) is 0 Å². The fourth-order valence-corrected chi connectivity index (χ4v) is 4.27. The normalized spacial score (nSPS) is 10.4. The molecule has 0 aliphatic carbocycles. The number of carbonyl (C=O) groups is 4. The van der Waals surface area contributed by atoms with Gasteiger partial charge in [0.1, 0.15) is 28.8 Å². The zero-order chi connectivity index (χ0) is 36.0. The number of esters is 4. The van der Waals surface area contributed by atoms with Gasteiger partial charge in [-0.25, -0.2) is 23.6 Å². The van der Waals surface area contributed by atoms with Crippen molar-refractivity contribution in [2.24, 2.45) is 0 Å². The molecule has 0 aliphatic rings. The van der Waals surface area contributed by atoms with E-state index in [4.69, 9.17) is 18.9 Å². The average molecular weight is 661 g/mol. The standard InChI is InChI=1S/C40H33FO8/c1-22(2)37(42)46-30-14-16-34(36(21-30)49-40(45)25(7)8)33-15-13-28(19-35(33)41)26-9-11-27(12-10-26)29-17-31(47-38(43)23(3)4)20-32(18-29)48-39(44)24(5)6/h9-21H,1,3,5,7H2,2,4,6,8H3. The molecule has 0 amide bonds. The van der Waals surface area contributed by atoms with E-state index in [1.165, 1.54) is 58.0 Å². The van der Waals surface area contributed by atoms with Gasteiger partial charge in [0.15, 0.2) is 0 Å². The summed E-state index contributed by atoms with van der Waals surface area (Å²) in [5.41, 5.74) is 3.59. The van der Waals surface area contributed by atoms with Gasteiger partial charge in [-0.3, -0.25) is 0 Å². The number of carbonyl (C=O) groups excluding carboxylic acids is 4. The summed E-state index contributed by atoms with van der Waals surface area (Å²) in [5, 5.41) is 0. The average Bonchev–Trinajstić information content (AvgIpc) is 3.04. The summed E-state index contributed by atoms with van der Waals surface area (Å²) in [4.78, 5) is 48.8. The van der Waals surface area contributed by atoms with Crippen molar-refractivity contribution in [1.29, 1.82) is 0 Å². The summed E-state index contributed by atoms with van der Waals surface area (Å²) >= 11 is 0. The third-order valence-electron chi connectivity index (χ3n) is 6.87. The van der Waals surface area contributed by atoms with Gasteiger partial charge in [0.25, 0.3) is 0 Å². The molecule has 0 aliphatic heterocycles. The van der Waals surface area contributed by atoms with E-state index < -0.39 is 29.7 Å². The van der Waals surface area contributed by atoms with E-state index in [-0.39, 0.29) is 56.4 Å². The molecular formula is C40H33FO8. The Morgan fingerprint density at radius 2 is 0.857 bits per heavy atom. The highest BCUT2D eigenvalue weighted by molar-refractivity contribution is 5.92. The number of hydrogen-bond donors (Lipinski definition) is 0. The maximum absolute atomic E-state index is 15.7. The lowest BCUT2D eigenvalue weighted by Gasteiger charge is -2.14. The van der Waals surface area contributed by atoms with Crippen LogP contribution in [0.25, 0.3) is 33.4 Å². The third kappa shape index (κ3) is 8.93. The van der Waals surface area contributed by atoms with Crippen molar-refractivity contribution >= 4 is 23.9 Å². The number of halogens is 1. The van der Waals surface area contributed by atoms with Crippen molar-refractivity contribution in [3.63, 3.8) is 0 Å². The minimum Gasteiger partial charge on any atom is -0.423 e. The molecule has 0 fully saturated rings. The van der Waals surface area contributed by atoms with Gasteiger partial charge in [-0.1, -0.05) is 62.7 Å². The van der Waals surface area contributed by atoms with Crippen molar-refractivity contribution < 1.29 is 42.5 Å². The fourth-order valence-electron chi connectivity index (χ4n) is 4.27. The van der Waals surface area contributed by atoms with Crippen LogP contribution in [0.3, 0.4) is 0 Å². The molecule has 49 heavy (non-hydrogen) atoms. The van der Waals surface area contributed by atoms with Gasteiger partial charge in [0.05, 0.1) is 0 Å². The van der Waals surface area contributed by atoms with E-state index >= 15 is 4.39 Å². The van der Waals surface area contributed by atoms with Crippen molar-refractivity contribution in [2.45, 2.75) is 27.7 Å². The first kappa shape index (κ1) is 35.5. The van der Waals surface area contributed by atoms with Gasteiger partial charge < -0.3 is 18.9 Å². The van der Waals surface area contributed by atoms with Crippen LogP contribution in [0.1, 0.15) is 27.7 Å². The van der Waals surface area contributed by atoms with Crippen LogP contribution in [0, 0.1) is 5.82 Å². The highest BCUT2D eigenvalue weighted by atomic mass is 19.1. The predicted molar refractivity (Wildman–Crippen MR) is 185 cm³/mol. The summed E-state index contributed by atoms with van der Waals surface area (Å²) in [7, 11) is 0. The Morgan fingerprint density at radius 3 is 1.33 bits per heavy atom. The maximum Gasteiger partial charge on any atom is 0.338 e. The SMILES string of the molecule is C=C(C)C(=O)Oc1cc(OC(=O)C(=C)C)cc(-c2ccc(-c3ccc(-c4ccc(OC(=O)C(=C)C)cc4OC(=O)C(=C)C)c(F)c3)cc2)c1. The van der Waals surface area contributed by atoms with Crippen LogP contribution >= 0.6 is 0 Å². The molecule has 0 unspecified atom stereocenters. The number of ether oxygens (including phenoxy) is 4. The second-order valence-electron chi connectivity index (χ2n) is 11.3. The third-order valence-corrected chi connectivity index (χ3v) is 6.87. The summed E-state index contributed by atoms with van der Waals surface area (Å²) in [6.45, 7) is 20.3. The summed E-state index contributed by atoms with van der Waals surface area (Å²) in [5.74, 6) is -2.94. The number of benzene rings is 4. The first-order chi connectivity index (χ1) is 23.1. The Hall–Kier alpha value is -6.35. The van der Waals surface area contributed by atoms with Crippen LogP contribution in [0.2, 0.25) is 0 Å². The van der Waals surface area contributed by atoms with E-state index in [2.05, 4.69) is 26.3 Å². The van der Waals surface area contributed by atoms with Crippen molar-refractivity contribution in [1.82, 2.24) is 0 Å². The van der Waals surface area contributed by atoms with Crippen LogP contribution in [-0.2, 0) is 19.2 Å². The molecule has 0 aromatic heterocycles. The van der Waals surface area contributed by atoms with Crippen LogP contribution in [-0.4, -0.2) is 23.9 Å². The lowest BCUT2D eigenvalue weighted by molar-refractivity contribution is -0.131. The van der Waals surface area contributed by atoms with Gasteiger partial charge in [0, 0.05) is 45.6 Å². The molecule has 0 radical (unpaired) electrons. The van der Waals surface area contributed by atoms with E-state index in [1.54, 1.807) is 48.5 Å². The molecule has 0 N–H and O–H groups in total. The topological polar surface area (TPSA) is 105 Å². The Bertz CT molecular complexity index is 2010. The molecule has 0 bridgehead atoms. The zero-order valence-corrected chi connectivity index (χ0v) is 27.5. The second-order valence-corrected chi connectivity index (χ2v) is 11.3. The Labute approximate surface area is 283 Å². The maximum atomic E-state index is 15.7. The highest BCUT2D eigenvalue weighted by Crippen LogP contribution is 2.38. The second kappa shape index (κ2) is 15.0. The predicted octanol–water partition coefficient (Wildman–Crippen LogP) is 8.75. The first-order valence-electron chi connectivity index (χ1n) is 14.8. The Balaban J connectivity index is 1.67. The van der Waals surface area contributed by atoms with Crippen molar-refractivity contribution in [2.75, 3.05) is 0 Å². The quantitative estimate of drug-likeness (QED) is 0.0894. The van der Waals surface area contributed by atoms with Crippen LogP contribution in [0.4, 0.5) is 4.39 Å². The summed E-state index contributed by atoms with van der Waals surface area (Å²) in [6.07, 6.45) is 0. The van der Waals surface area contributed by atoms with Crippen LogP contribution in [0.5, 0.6) is 23.0 Å². The van der Waals surface area contributed by atoms with Gasteiger partial charge >= 0.3 is 23.9 Å². The number of rotatable bonds is 11. The minimum absolute atomic E-state index is 0.0273. The molecule has 0 saturated carbocycles. The Morgan fingerprint density at radius 1 is 0.449 bits per heavy atom. The summed E-state index contributed by atoms with van der Waals surface area (Å²) < 4.78 is 37.2. The largest absolute Gasteiger partial charge is 0.423 e. The summed E-state index contributed by atoms with van der Waals surface area (Å²) in [6, 6.07) is 20.6. The molecule has 4 aromatic carbocycles. The molecule has 248 valence electrons. The first-order valence-corrected chi connectivity index (χ1v) is 14.8. The zero-order valence-electron chi connectivity index (χ0n) is 27.5. The highest BCUT2D eigenvalue weighted by Gasteiger charge is 2.18. The lowest BCUT2D eigenvalue weighted by Crippen LogP contribution is -2.11. The smallest absolute Gasteiger partial charge is 0.338 e. The van der Waals surface area contributed by atoms with Gasteiger partial charge in [0.2, 0.25) is 0 Å². The molecule has 4 aromatic rings. The van der Waals surface area contributed by atoms with E-state index in [9.17, 15) is 19.2 Å².